The summed E-state index contributed by atoms with van der Waals surface area (Å²) < 4.78 is 0. The van der Waals surface area contributed by atoms with Gasteiger partial charge in [0.1, 0.15) is 10.7 Å². The average molecular weight is 283 g/mol. The van der Waals surface area contributed by atoms with E-state index in [-0.39, 0.29) is 18.6 Å². The van der Waals surface area contributed by atoms with Crippen molar-refractivity contribution in [3.8, 4) is 0 Å². The number of hydrogen-bond donors (Lipinski definition) is 2. The summed E-state index contributed by atoms with van der Waals surface area (Å²) in [7, 11) is 0. The monoisotopic (exact) mass is 283 g/mol. The summed E-state index contributed by atoms with van der Waals surface area (Å²) >= 11 is 1.43. The Labute approximate surface area is 117 Å². The van der Waals surface area contributed by atoms with Crippen molar-refractivity contribution < 1.29 is 9.90 Å². The van der Waals surface area contributed by atoms with Crippen molar-refractivity contribution in [3.63, 3.8) is 0 Å². The molecule has 0 aromatic carbocycles. The summed E-state index contributed by atoms with van der Waals surface area (Å²) in [5, 5.41) is 11.5. The molecule has 0 radical (unpaired) electrons. The Morgan fingerprint density at radius 1 is 1.68 bits per heavy atom. The number of rotatable bonds is 6. The van der Waals surface area contributed by atoms with E-state index in [9.17, 15) is 4.79 Å². The van der Waals surface area contributed by atoms with Crippen molar-refractivity contribution in [1.82, 2.24) is 9.88 Å². The lowest BCUT2D eigenvalue weighted by Crippen LogP contribution is -2.45. The van der Waals surface area contributed by atoms with Gasteiger partial charge in [-0.3, -0.25) is 4.79 Å². The maximum absolute atomic E-state index is 12.5. The third-order valence-electron chi connectivity index (χ3n) is 3.46. The maximum Gasteiger partial charge on any atom is 0.273 e. The van der Waals surface area contributed by atoms with E-state index in [0.717, 1.165) is 17.8 Å². The number of carbonyl (C=O) groups is 1. The second-order valence-electron chi connectivity index (χ2n) is 5.02. The SMILES string of the molecule is CC(N)c1nc(C(=O)N(CCCO)C2CCC2)cs1. The van der Waals surface area contributed by atoms with E-state index < -0.39 is 0 Å². The summed E-state index contributed by atoms with van der Waals surface area (Å²) in [6.07, 6.45) is 3.91. The number of carbonyl (C=O) groups excluding carboxylic acids is 1. The third kappa shape index (κ3) is 3.32. The van der Waals surface area contributed by atoms with Gasteiger partial charge in [0.05, 0.1) is 6.04 Å². The molecule has 0 aliphatic heterocycles. The van der Waals surface area contributed by atoms with Gasteiger partial charge < -0.3 is 15.7 Å². The van der Waals surface area contributed by atoms with Crippen LogP contribution in [0, 0.1) is 0 Å². The number of nitrogens with zero attached hydrogens (tertiary/aromatic N) is 2. The van der Waals surface area contributed by atoms with E-state index in [0.29, 0.717) is 24.7 Å². The Bertz CT molecular complexity index is 429. The van der Waals surface area contributed by atoms with Gasteiger partial charge in [-0.2, -0.15) is 0 Å². The molecule has 106 valence electrons. The van der Waals surface area contributed by atoms with Crippen molar-refractivity contribution >= 4 is 17.2 Å². The van der Waals surface area contributed by atoms with E-state index in [1.165, 1.54) is 17.8 Å². The highest BCUT2D eigenvalue weighted by Gasteiger charge is 2.30. The van der Waals surface area contributed by atoms with Crippen LogP contribution >= 0.6 is 11.3 Å². The molecule has 1 aliphatic carbocycles. The Morgan fingerprint density at radius 3 is 2.89 bits per heavy atom. The highest BCUT2D eigenvalue weighted by Crippen LogP contribution is 2.27. The van der Waals surface area contributed by atoms with E-state index in [2.05, 4.69) is 4.98 Å². The second-order valence-corrected chi connectivity index (χ2v) is 5.91. The van der Waals surface area contributed by atoms with Gasteiger partial charge in [-0.05, 0) is 32.6 Å². The Hall–Kier alpha value is -0.980. The van der Waals surface area contributed by atoms with Gasteiger partial charge in [0.2, 0.25) is 0 Å². The van der Waals surface area contributed by atoms with Crippen LogP contribution in [-0.2, 0) is 0 Å². The summed E-state index contributed by atoms with van der Waals surface area (Å²) in [6, 6.07) is 0.181. The minimum Gasteiger partial charge on any atom is -0.396 e. The minimum atomic E-state index is -0.138. The predicted octanol–water partition coefficient (Wildman–Crippen LogP) is 1.54. The summed E-state index contributed by atoms with van der Waals surface area (Å²) in [4.78, 5) is 18.6. The van der Waals surface area contributed by atoms with Crippen LogP contribution in [0.25, 0.3) is 0 Å². The van der Waals surface area contributed by atoms with E-state index in [4.69, 9.17) is 10.8 Å². The standard InChI is InChI=1S/C13H21N3O2S/c1-9(14)12-15-11(8-19-12)13(18)16(6-3-7-17)10-4-2-5-10/h8-10,17H,2-7,14H2,1H3. The predicted molar refractivity (Wildman–Crippen MR) is 75.1 cm³/mol. The van der Waals surface area contributed by atoms with Crippen LogP contribution in [-0.4, -0.2) is 40.1 Å². The van der Waals surface area contributed by atoms with E-state index in [1.807, 2.05) is 11.8 Å². The topological polar surface area (TPSA) is 79.5 Å². The van der Waals surface area contributed by atoms with Gasteiger partial charge in [0, 0.05) is 24.6 Å². The van der Waals surface area contributed by atoms with Crippen molar-refractivity contribution in [2.75, 3.05) is 13.2 Å². The van der Waals surface area contributed by atoms with Crippen LogP contribution in [0.2, 0.25) is 0 Å². The van der Waals surface area contributed by atoms with Crippen molar-refractivity contribution in [1.29, 1.82) is 0 Å². The molecule has 1 saturated carbocycles. The molecule has 2 rings (SSSR count). The van der Waals surface area contributed by atoms with Crippen molar-refractivity contribution in [2.45, 2.75) is 44.7 Å². The van der Waals surface area contributed by atoms with Crippen LogP contribution in [0.3, 0.4) is 0 Å². The molecular weight excluding hydrogens is 262 g/mol. The van der Waals surface area contributed by atoms with Crippen LogP contribution in [0.4, 0.5) is 0 Å². The molecule has 1 heterocycles. The van der Waals surface area contributed by atoms with Crippen LogP contribution in [0.5, 0.6) is 0 Å². The fraction of sp³-hybridized carbons (Fsp3) is 0.692. The van der Waals surface area contributed by atoms with Gasteiger partial charge in [0.15, 0.2) is 0 Å². The van der Waals surface area contributed by atoms with Gasteiger partial charge in [-0.25, -0.2) is 4.98 Å². The number of hydrogen-bond acceptors (Lipinski definition) is 5. The lowest BCUT2D eigenvalue weighted by Gasteiger charge is -2.37. The quantitative estimate of drug-likeness (QED) is 0.830. The molecule has 1 aliphatic rings. The van der Waals surface area contributed by atoms with Crippen LogP contribution < -0.4 is 5.73 Å². The first-order chi connectivity index (χ1) is 9.13. The lowest BCUT2D eigenvalue weighted by molar-refractivity contribution is 0.0557. The molecule has 3 N–H and O–H groups in total. The zero-order valence-electron chi connectivity index (χ0n) is 11.2. The number of amides is 1. The first-order valence-corrected chi connectivity index (χ1v) is 7.64. The highest BCUT2D eigenvalue weighted by atomic mass is 32.1. The Morgan fingerprint density at radius 2 is 2.42 bits per heavy atom. The first kappa shape index (κ1) is 14.4. The molecule has 0 saturated heterocycles. The molecule has 1 amide bonds. The van der Waals surface area contributed by atoms with Gasteiger partial charge in [-0.15, -0.1) is 11.3 Å². The van der Waals surface area contributed by atoms with Gasteiger partial charge in [0.25, 0.3) is 5.91 Å². The molecule has 1 fully saturated rings. The number of thiazole rings is 1. The highest BCUT2D eigenvalue weighted by molar-refractivity contribution is 7.09. The van der Waals surface area contributed by atoms with Gasteiger partial charge >= 0.3 is 0 Å². The molecule has 1 unspecified atom stereocenters. The normalized spacial score (nSPS) is 17.0. The number of nitrogens with two attached hydrogens (primary N) is 1. The zero-order chi connectivity index (χ0) is 13.8. The molecule has 19 heavy (non-hydrogen) atoms. The third-order valence-corrected chi connectivity index (χ3v) is 4.51. The largest absolute Gasteiger partial charge is 0.396 e. The maximum atomic E-state index is 12.5. The molecule has 6 heteroatoms. The Kier molecular flexibility index (Phi) is 4.90. The molecule has 0 bridgehead atoms. The van der Waals surface area contributed by atoms with Crippen LogP contribution in [0.15, 0.2) is 5.38 Å². The summed E-state index contributed by atoms with van der Waals surface area (Å²) in [5.41, 5.74) is 6.26. The van der Waals surface area contributed by atoms with Crippen molar-refractivity contribution in [2.24, 2.45) is 5.73 Å². The lowest BCUT2D eigenvalue weighted by atomic mass is 9.91. The average Bonchev–Trinajstić information content (AvgIpc) is 2.80. The fourth-order valence-electron chi connectivity index (χ4n) is 2.13. The second kappa shape index (κ2) is 6.45. The smallest absolute Gasteiger partial charge is 0.273 e. The van der Waals surface area contributed by atoms with E-state index in [1.54, 1.807) is 5.38 Å². The number of aliphatic hydroxyl groups excluding tert-OH is 1. The summed E-state index contributed by atoms with van der Waals surface area (Å²) in [5.74, 6) is -0.0266. The molecule has 0 spiro atoms. The molecule has 1 aromatic rings. The first-order valence-electron chi connectivity index (χ1n) is 6.76. The van der Waals surface area contributed by atoms with Crippen molar-refractivity contribution in [3.05, 3.63) is 16.1 Å². The number of aromatic nitrogens is 1. The molecule has 5 nitrogen and oxygen atoms in total. The molecule has 1 atom stereocenters. The van der Waals surface area contributed by atoms with Gasteiger partial charge in [-0.1, -0.05) is 0 Å². The zero-order valence-corrected chi connectivity index (χ0v) is 12.0. The summed E-state index contributed by atoms with van der Waals surface area (Å²) in [6.45, 7) is 2.58. The minimum absolute atomic E-state index is 0.0266. The molecule has 1 aromatic heterocycles. The van der Waals surface area contributed by atoms with Crippen LogP contribution in [0.1, 0.15) is 54.1 Å². The van der Waals surface area contributed by atoms with E-state index >= 15 is 0 Å². The molecular formula is C13H21N3O2S. The fourth-order valence-corrected chi connectivity index (χ4v) is 2.88. The number of aliphatic hydroxyl groups is 1. The Balaban J connectivity index is 2.08.